The average molecular weight is 614 g/mol. The van der Waals surface area contributed by atoms with Crippen molar-refractivity contribution in [3.05, 3.63) is 108 Å². The number of aromatic nitrogens is 4. The van der Waals surface area contributed by atoms with E-state index in [1.54, 1.807) is 11.3 Å². The van der Waals surface area contributed by atoms with Crippen LogP contribution in [0, 0.1) is 13.8 Å². The third-order valence-corrected chi connectivity index (χ3v) is 10.8. The molecule has 0 atom stereocenters. The van der Waals surface area contributed by atoms with Crippen LogP contribution in [0.2, 0.25) is 0 Å². The predicted octanol–water partition coefficient (Wildman–Crippen LogP) is 8.74. The number of fused-ring (bicyclic) bond motifs is 6. The summed E-state index contributed by atoms with van der Waals surface area (Å²) in [6.45, 7) is 4.08. The van der Waals surface area contributed by atoms with E-state index < -0.39 is 0 Å². The van der Waals surface area contributed by atoms with Crippen LogP contribution in [0.3, 0.4) is 0 Å². The van der Waals surface area contributed by atoms with E-state index in [1.165, 1.54) is 34.9 Å². The first-order valence-electron chi connectivity index (χ1n) is 13.3. The van der Waals surface area contributed by atoms with Gasteiger partial charge in [-0.2, -0.15) is 0 Å². The second-order valence-electron chi connectivity index (χ2n) is 10.0. The zero-order valence-electron chi connectivity index (χ0n) is 22.3. The Morgan fingerprint density at radius 3 is 1.98 bits per heavy atom. The van der Waals surface area contributed by atoms with Gasteiger partial charge in [0.05, 0.1) is 0 Å². The molecule has 0 N–H and O–H groups in total. The van der Waals surface area contributed by atoms with Crippen LogP contribution in [0.1, 0.15) is 11.4 Å². The van der Waals surface area contributed by atoms with Crippen LogP contribution in [0.4, 0.5) is 0 Å². The molecule has 0 amide bonds. The second kappa shape index (κ2) is 9.60. The number of nitrogens with zero attached hydrogens (tertiary/aromatic N) is 4. The van der Waals surface area contributed by atoms with Crippen LogP contribution in [-0.2, 0) is 0 Å². The molecule has 5 nitrogen and oxygen atoms in total. The summed E-state index contributed by atoms with van der Waals surface area (Å²) in [7, 11) is 0. The summed E-state index contributed by atoms with van der Waals surface area (Å²) in [6, 6.07) is 33.1. The van der Waals surface area contributed by atoms with Crippen LogP contribution < -0.4 is 4.74 Å². The van der Waals surface area contributed by atoms with Crippen LogP contribution >= 0.6 is 11.3 Å². The first kappa shape index (κ1) is 24.4. The average Bonchev–Trinajstić information content (AvgIpc) is 3.54. The molecule has 0 spiro atoms. The molecular weight excluding hydrogens is 591 g/mol. The minimum absolute atomic E-state index is 0.129. The summed E-state index contributed by atoms with van der Waals surface area (Å²) in [4.78, 5) is 20.4. The van der Waals surface area contributed by atoms with E-state index in [0.29, 0.717) is 11.8 Å². The van der Waals surface area contributed by atoms with E-state index in [-0.39, 0.29) is 14.5 Å². The molecule has 0 aliphatic heterocycles. The summed E-state index contributed by atoms with van der Waals surface area (Å²) >= 11 is 1.83. The standard InChI is InChI=1S/C34H22N4OSSe/c1-19-15-17-23-21-7-3-9-25(31(21)40-33(23)35-19)27-11-5-13-29(37-27)39-30-14-6-12-28(38-30)26-10-4-8-22-24-18-16-20(2)36-34(24)41-32(22)26/h3-18H,1-2H3. The van der Waals surface area contributed by atoms with Gasteiger partial charge in [-0.05, 0) is 19.1 Å². The summed E-state index contributed by atoms with van der Waals surface area (Å²) in [5.74, 6) is 1.02. The number of benzene rings is 2. The molecule has 8 rings (SSSR count). The molecule has 0 saturated heterocycles. The van der Waals surface area contributed by atoms with Crippen molar-refractivity contribution in [1.29, 1.82) is 0 Å². The SMILES string of the molecule is Cc1ccc2c(n1)sc1c(-c3cccc(Oc4cccc(-c5cccc6c5[se]c5nc(C)ccc56)n4)n3)cccc12. The fourth-order valence-corrected chi connectivity index (χ4v) is 9.14. The van der Waals surface area contributed by atoms with Gasteiger partial charge in [0, 0.05) is 11.1 Å². The molecule has 0 bridgehead atoms. The molecule has 0 radical (unpaired) electrons. The zero-order chi connectivity index (χ0) is 27.5. The van der Waals surface area contributed by atoms with Gasteiger partial charge in [0.1, 0.15) is 4.83 Å². The summed E-state index contributed by atoms with van der Waals surface area (Å²) in [5.41, 5.74) is 6.02. The summed E-state index contributed by atoms with van der Waals surface area (Å²) in [5, 5.41) is 4.87. The maximum atomic E-state index is 6.25. The van der Waals surface area contributed by atoms with E-state index >= 15 is 0 Å². The molecule has 41 heavy (non-hydrogen) atoms. The number of ether oxygens (including phenoxy) is 1. The van der Waals surface area contributed by atoms with Gasteiger partial charge in [0.15, 0.2) is 0 Å². The van der Waals surface area contributed by atoms with Crippen LogP contribution in [0.15, 0.2) is 97.1 Å². The van der Waals surface area contributed by atoms with Crippen molar-refractivity contribution >= 4 is 65.6 Å². The van der Waals surface area contributed by atoms with E-state index in [4.69, 9.17) is 24.7 Å². The third-order valence-electron chi connectivity index (χ3n) is 7.22. The summed E-state index contributed by atoms with van der Waals surface area (Å²) in [6.07, 6.45) is 0. The van der Waals surface area contributed by atoms with E-state index in [2.05, 4.69) is 60.7 Å². The Labute approximate surface area is 245 Å². The molecule has 6 aromatic heterocycles. The second-order valence-corrected chi connectivity index (χ2v) is 13.1. The fraction of sp³-hybridized carbons (Fsp3) is 0.0588. The molecule has 196 valence electrons. The molecule has 6 heterocycles. The molecule has 2 aromatic carbocycles. The van der Waals surface area contributed by atoms with Gasteiger partial charge in [-0.3, -0.25) is 0 Å². The van der Waals surface area contributed by atoms with Crippen molar-refractivity contribution in [1.82, 2.24) is 19.9 Å². The molecule has 7 heteroatoms. The molecule has 0 aliphatic rings. The number of hydrogen-bond acceptors (Lipinski definition) is 6. The molecule has 0 saturated carbocycles. The molecule has 0 unspecified atom stereocenters. The Bertz CT molecular complexity index is 2130. The Hall–Kier alpha value is -4.42. The zero-order valence-corrected chi connectivity index (χ0v) is 24.8. The van der Waals surface area contributed by atoms with Gasteiger partial charge in [-0.15, -0.1) is 0 Å². The summed E-state index contributed by atoms with van der Waals surface area (Å²) < 4.78 is 9.93. The number of rotatable bonds is 4. The monoisotopic (exact) mass is 614 g/mol. The normalized spacial score (nSPS) is 11.7. The molecule has 0 fully saturated rings. The van der Waals surface area contributed by atoms with Crippen molar-refractivity contribution in [3.63, 3.8) is 0 Å². The van der Waals surface area contributed by atoms with Crippen molar-refractivity contribution in [2.45, 2.75) is 13.8 Å². The topological polar surface area (TPSA) is 60.8 Å². The van der Waals surface area contributed by atoms with Gasteiger partial charge in [-0.25, -0.2) is 4.98 Å². The molecule has 8 aromatic rings. The number of aryl methyl sites for hydroxylation is 2. The minimum Gasteiger partial charge on any atom is -0.0528 e. The van der Waals surface area contributed by atoms with Crippen molar-refractivity contribution < 1.29 is 4.74 Å². The Morgan fingerprint density at radius 2 is 1.20 bits per heavy atom. The number of pyridine rings is 4. The van der Waals surface area contributed by atoms with E-state index in [1.807, 2.05) is 50.2 Å². The minimum atomic E-state index is 0.129. The maximum absolute atomic E-state index is 6.25. The molecular formula is C34H22N4OSSe. The Balaban J connectivity index is 1.16. The Kier molecular flexibility index (Phi) is 5.71. The van der Waals surface area contributed by atoms with E-state index in [9.17, 15) is 0 Å². The quantitative estimate of drug-likeness (QED) is 0.186. The number of thiophene rings is 1. The Morgan fingerprint density at radius 1 is 0.561 bits per heavy atom. The van der Waals surface area contributed by atoms with Gasteiger partial charge in [0.2, 0.25) is 0 Å². The fourth-order valence-electron chi connectivity index (χ4n) is 5.30. The third kappa shape index (κ3) is 4.21. The van der Waals surface area contributed by atoms with Crippen molar-refractivity contribution in [2.75, 3.05) is 0 Å². The van der Waals surface area contributed by atoms with Gasteiger partial charge >= 0.3 is 201 Å². The molecule has 0 aliphatic carbocycles. The van der Waals surface area contributed by atoms with Crippen LogP contribution in [0.5, 0.6) is 11.8 Å². The van der Waals surface area contributed by atoms with Gasteiger partial charge in [-0.1, -0.05) is 6.07 Å². The predicted molar refractivity (Wildman–Crippen MR) is 169 cm³/mol. The smallest absolute Gasteiger partial charge is 0.0528 e. The first-order chi connectivity index (χ1) is 20.1. The van der Waals surface area contributed by atoms with E-state index in [0.717, 1.165) is 38.7 Å². The van der Waals surface area contributed by atoms with Gasteiger partial charge in [0.25, 0.3) is 0 Å². The van der Waals surface area contributed by atoms with Crippen molar-refractivity contribution in [3.8, 4) is 34.3 Å². The number of hydrogen-bond donors (Lipinski definition) is 0. The van der Waals surface area contributed by atoms with Crippen LogP contribution in [-0.4, -0.2) is 34.4 Å². The first-order valence-corrected chi connectivity index (χ1v) is 15.8. The van der Waals surface area contributed by atoms with Crippen LogP contribution in [0.25, 0.3) is 62.2 Å². The van der Waals surface area contributed by atoms with Crippen molar-refractivity contribution in [2.24, 2.45) is 0 Å². The van der Waals surface area contributed by atoms with Gasteiger partial charge < -0.3 is 0 Å².